The van der Waals surface area contributed by atoms with Gasteiger partial charge in [-0.25, -0.2) is 13.8 Å². The lowest BCUT2D eigenvalue weighted by Crippen LogP contribution is -2.27. The smallest absolute Gasteiger partial charge is 0.319 e. The van der Waals surface area contributed by atoms with Gasteiger partial charge in [-0.2, -0.15) is 0 Å². The standard InChI is InChI=1S/C24H25F2N3O4S/c1-14-20(22(31)27-13-16-4-7-17(25)12-19(16)26)29(10-11-30)21(28-14)15-5-8-18(9-6-15)34-24(2,3)23(32)33/h4-9,12,30H,10-11,13H2,1-3H3,(H,27,31)(H,32,33). The number of amides is 1. The summed E-state index contributed by atoms with van der Waals surface area (Å²) in [6, 6.07) is 10.2. The Kier molecular flexibility index (Phi) is 7.73. The molecule has 7 nitrogen and oxygen atoms in total. The Bertz CT molecular complexity index is 1210. The van der Waals surface area contributed by atoms with Gasteiger partial charge in [0, 0.05) is 35.2 Å². The van der Waals surface area contributed by atoms with Gasteiger partial charge in [-0.15, -0.1) is 11.8 Å². The zero-order chi connectivity index (χ0) is 25.0. The molecule has 0 aliphatic carbocycles. The highest BCUT2D eigenvalue weighted by Crippen LogP contribution is 2.34. The van der Waals surface area contributed by atoms with Gasteiger partial charge >= 0.3 is 5.97 Å². The van der Waals surface area contributed by atoms with Crippen LogP contribution in [0.1, 0.15) is 35.6 Å². The molecule has 1 heterocycles. The first-order chi connectivity index (χ1) is 16.0. The van der Waals surface area contributed by atoms with E-state index in [4.69, 9.17) is 0 Å². The van der Waals surface area contributed by atoms with Crippen LogP contribution in [-0.2, 0) is 17.9 Å². The number of imidazole rings is 1. The van der Waals surface area contributed by atoms with Crippen molar-refractivity contribution in [1.82, 2.24) is 14.9 Å². The fraction of sp³-hybridized carbons (Fsp3) is 0.292. The summed E-state index contributed by atoms with van der Waals surface area (Å²) in [6.45, 7) is 4.62. The molecular weight excluding hydrogens is 464 g/mol. The number of hydrogen-bond acceptors (Lipinski definition) is 5. The van der Waals surface area contributed by atoms with Crippen molar-refractivity contribution in [2.75, 3.05) is 6.61 Å². The number of aliphatic hydroxyl groups excluding tert-OH is 1. The second kappa shape index (κ2) is 10.4. The molecule has 0 aliphatic rings. The van der Waals surface area contributed by atoms with Crippen LogP contribution >= 0.6 is 11.8 Å². The van der Waals surface area contributed by atoms with E-state index in [0.29, 0.717) is 17.1 Å². The topological polar surface area (TPSA) is 104 Å². The molecule has 2 aromatic carbocycles. The normalized spacial score (nSPS) is 11.5. The van der Waals surface area contributed by atoms with Crippen LogP contribution in [0.3, 0.4) is 0 Å². The molecule has 0 aliphatic heterocycles. The molecule has 10 heteroatoms. The van der Waals surface area contributed by atoms with Crippen molar-refractivity contribution in [3.63, 3.8) is 0 Å². The van der Waals surface area contributed by atoms with Crippen molar-refractivity contribution >= 4 is 23.6 Å². The third-order valence-electron chi connectivity index (χ3n) is 5.14. The first-order valence-electron chi connectivity index (χ1n) is 10.5. The van der Waals surface area contributed by atoms with Gasteiger partial charge in [0.15, 0.2) is 0 Å². The van der Waals surface area contributed by atoms with E-state index >= 15 is 0 Å². The van der Waals surface area contributed by atoms with Crippen LogP contribution in [0.2, 0.25) is 0 Å². The highest BCUT2D eigenvalue weighted by molar-refractivity contribution is 8.01. The van der Waals surface area contributed by atoms with Crippen LogP contribution in [0, 0.1) is 18.6 Å². The van der Waals surface area contributed by atoms with Gasteiger partial charge in [0.25, 0.3) is 5.91 Å². The van der Waals surface area contributed by atoms with Crippen LogP contribution in [0.4, 0.5) is 8.78 Å². The number of aromatic nitrogens is 2. The van der Waals surface area contributed by atoms with Crippen LogP contribution in [0.5, 0.6) is 0 Å². The molecule has 0 spiro atoms. The minimum atomic E-state index is -0.997. The van der Waals surface area contributed by atoms with Crippen molar-refractivity contribution in [3.8, 4) is 11.4 Å². The largest absolute Gasteiger partial charge is 0.480 e. The maximum absolute atomic E-state index is 13.9. The maximum atomic E-state index is 13.9. The molecule has 180 valence electrons. The minimum Gasteiger partial charge on any atom is -0.480 e. The zero-order valence-corrected chi connectivity index (χ0v) is 19.7. The average molecular weight is 490 g/mol. The van der Waals surface area contributed by atoms with Gasteiger partial charge < -0.3 is 20.1 Å². The Balaban J connectivity index is 1.86. The fourth-order valence-electron chi connectivity index (χ4n) is 3.33. The number of benzene rings is 2. The molecule has 0 bridgehead atoms. The van der Waals surface area contributed by atoms with E-state index in [-0.39, 0.29) is 31.0 Å². The predicted octanol–water partition coefficient (Wildman–Crippen LogP) is 4.01. The Labute approximate surface area is 199 Å². The molecule has 0 atom stereocenters. The quantitative estimate of drug-likeness (QED) is 0.392. The molecule has 1 amide bonds. The second-order valence-electron chi connectivity index (χ2n) is 8.10. The first-order valence-corrected chi connectivity index (χ1v) is 11.3. The Morgan fingerprint density at radius 3 is 2.41 bits per heavy atom. The van der Waals surface area contributed by atoms with Crippen molar-refractivity contribution in [3.05, 3.63) is 71.1 Å². The molecule has 0 saturated carbocycles. The van der Waals surface area contributed by atoms with Gasteiger partial charge in [0.2, 0.25) is 0 Å². The summed E-state index contributed by atoms with van der Waals surface area (Å²) < 4.78 is 27.6. The number of rotatable bonds is 9. The van der Waals surface area contributed by atoms with Gasteiger partial charge in [-0.3, -0.25) is 9.59 Å². The summed E-state index contributed by atoms with van der Waals surface area (Å²) in [5.41, 5.74) is 1.46. The first kappa shape index (κ1) is 25.4. The van der Waals surface area contributed by atoms with Crippen LogP contribution in [0.25, 0.3) is 11.4 Å². The number of hydrogen-bond donors (Lipinski definition) is 3. The van der Waals surface area contributed by atoms with Gasteiger partial charge in [0.1, 0.15) is 27.9 Å². The van der Waals surface area contributed by atoms with E-state index in [9.17, 15) is 28.6 Å². The number of nitrogens with one attached hydrogen (secondary N) is 1. The molecule has 0 unspecified atom stereocenters. The summed E-state index contributed by atoms with van der Waals surface area (Å²) in [6.07, 6.45) is 0. The third-order valence-corrected chi connectivity index (χ3v) is 6.33. The summed E-state index contributed by atoms with van der Waals surface area (Å²) in [4.78, 5) is 29.6. The third kappa shape index (κ3) is 5.63. The van der Waals surface area contributed by atoms with E-state index in [0.717, 1.165) is 17.0 Å². The molecular formula is C24H25F2N3O4S. The number of aliphatic hydroxyl groups is 1. The lowest BCUT2D eigenvalue weighted by molar-refractivity contribution is -0.138. The average Bonchev–Trinajstić information content (AvgIpc) is 3.09. The number of thioether (sulfide) groups is 1. The summed E-state index contributed by atoms with van der Waals surface area (Å²) in [5.74, 6) is -2.44. The zero-order valence-electron chi connectivity index (χ0n) is 18.9. The van der Waals surface area contributed by atoms with Gasteiger partial charge in [-0.1, -0.05) is 18.2 Å². The maximum Gasteiger partial charge on any atom is 0.319 e. The van der Waals surface area contributed by atoms with Crippen LogP contribution in [0.15, 0.2) is 47.4 Å². The van der Waals surface area contributed by atoms with E-state index in [2.05, 4.69) is 10.3 Å². The van der Waals surface area contributed by atoms with Crippen LogP contribution in [-0.4, -0.2) is 43.0 Å². The van der Waals surface area contributed by atoms with E-state index < -0.39 is 28.3 Å². The molecule has 1 aromatic heterocycles. The highest BCUT2D eigenvalue weighted by atomic mass is 32.2. The Morgan fingerprint density at radius 1 is 1.15 bits per heavy atom. The molecule has 0 fully saturated rings. The molecule has 3 N–H and O–H groups in total. The molecule has 0 radical (unpaired) electrons. The lowest BCUT2D eigenvalue weighted by atomic mass is 10.2. The van der Waals surface area contributed by atoms with Crippen molar-refractivity contribution in [2.45, 2.75) is 43.5 Å². The number of carboxylic acid groups (broad SMARTS) is 1. The summed E-state index contributed by atoms with van der Waals surface area (Å²) >= 11 is 1.21. The minimum absolute atomic E-state index is 0.104. The summed E-state index contributed by atoms with van der Waals surface area (Å²) in [5, 5.41) is 21.5. The predicted molar refractivity (Wildman–Crippen MR) is 125 cm³/mol. The van der Waals surface area contributed by atoms with Crippen molar-refractivity contribution in [1.29, 1.82) is 0 Å². The number of aliphatic carboxylic acids is 1. The number of carbonyl (C=O) groups excluding carboxylic acids is 1. The van der Waals surface area contributed by atoms with Crippen LogP contribution < -0.4 is 5.32 Å². The molecule has 3 aromatic rings. The number of halogens is 2. The lowest BCUT2D eigenvalue weighted by Gasteiger charge is -2.18. The fourth-order valence-corrected chi connectivity index (χ4v) is 4.28. The number of aryl methyl sites for hydroxylation is 1. The molecule has 0 saturated heterocycles. The molecule has 34 heavy (non-hydrogen) atoms. The van der Waals surface area contributed by atoms with Gasteiger partial charge in [-0.05, 0) is 39.0 Å². The highest BCUT2D eigenvalue weighted by Gasteiger charge is 2.28. The Hall–Kier alpha value is -3.24. The SMILES string of the molecule is Cc1nc(-c2ccc(SC(C)(C)C(=O)O)cc2)n(CCO)c1C(=O)NCc1ccc(F)cc1F. The number of carbonyl (C=O) groups is 2. The van der Waals surface area contributed by atoms with E-state index in [1.54, 1.807) is 49.6 Å². The Morgan fingerprint density at radius 2 is 1.82 bits per heavy atom. The van der Waals surface area contributed by atoms with E-state index in [1.807, 2.05) is 0 Å². The van der Waals surface area contributed by atoms with Gasteiger partial charge in [0.05, 0.1) is 12.3 Å². The second-order valence-corrected chi connectivity index (χ2v) is 9.80. The number of nitrogens with zero attached hydrogens (tertiary/aromatic N) is 2. The van der Waals surface area contributed by atoms with Crippen molar-refractivity contribution in [2.24, 2.45) is 0 Å². The van der Waals surface area contributed by atoms with Crippen molar-refractivity contribution < 1.29 is 28.6 Å². The number of carboxylic acids is 1. The summed E-state index contributed by atoms with van der Waals surface area (Å²) in [7, 11) is 0. The van der Waals surface area contributed by atoms with E-state index in [1.165, 1.54) is 17.8 Å². The monoisotopic (exact) mass is 489 g/mol. The molecule has 3 rings (SSSR count).